The maximum Gasteiger partial charge on any atom is 0.277 e. The third kappa shape index (κ3) is 4.88. The number of aliphatic hydroxyl groups excluding tert-OH is 1. The molecule has 2 aromatic heterocycles. The number of nitrogens with zero attached hydrogens (tertiary/aromatic N) is 4. The van der Waals surface area contributed by atoms with Gasteiger partial charge in [-0.3, -0.25) is 9.59 Å². The minimum atomic E-state index is -0.374. The van der Waals surface area contributed by atoms with Crippen LogP contribution in [0.4, 0.5) is 5.69 Å². The van der Waals surface area contributed by atoms with E-state index < -0.39 is 0 Å². The first-order chi connectivity index (χ1) is 15.5. The van der Waals surface area contributed by atoms with Crippen molar-refractivity contribution in [1.29, 1.82) is 0 Å². The number of anilines is 1. The van der Waals surface area contributed by atoms with Crippen LogP contribution in [0.1, 0.15) is 27.8 Å². The number of amides is 1. The number of ether oxygens (including phenoxy) is 1. The number of nitrogens with one attached hydrogen (secondary N) is 2. The molecule has 0 bridgehead atoms. The fourth-order valence-electron chi connectivity index (χ4n) is 3.11. The van der Waals surface area contributed by atoms with E-state index in [0.29, 0.717) is 30.2 Å². The molecule has 10 heteroatoms. The highest BCUT2D eigenvalue weighted by Crippen LogP contribution is 2.23. The number of rotatable bonds is 9. The zero-order valence-electron chi connectivity index (χ0n) is 17.4. The number of hydrogen-bond acceptors (Lipinski definition) is 7. The predicted molar refractivity (Wildman–Crippen MR) is 117 cm³/mol. The van der Waals surface area contributed by atoms with Crippen LogP contribution in [0.5, 0.6) is 0 Å². The molecule has 32 heavy (non-hydrogen) atoms. The van der Waals surface area contributed by atoms with E-state index in [1.807, 2.05) is 18.2 Å². The summed E-state index contributed by atoms with van der Waals surface area (Å²) in [7, 11) is 0. The highest BCUT2D eigenvalue weighted by atomic mass is 16.5. The van der Waals surface area contributed by atoms with Gasteiger partial charge >= 0.3 is 0 Å². The van der Waals surface area contributed by atoms with Crippen molar-refractivity contribution in [1.82, 2.24) is 25.0 Å². The van der Waals surface area contributed by atoms with Gasteiger partial charge in [-0.1, -0.05) is 5.21 Å². The summed E-state index contributed by atoms with van der Waals surface area (Å²) in [6, 6.07) is 12.6. The molecule has 2 heterocycles. The average molecular weight is 434 g/mol. The number of aromatic nitrogens is 5. The summed E-state index contributed by atoms with van der Waals surface area (Å²) in [4.78, 5) is 31.8. The van der Waals surface area contributed by atoms with Crippen LogP contribution in [0.2, 0.25) is 0 Å². The summed E-state index contributed by atoms with van der Waals surface area (Å²) < 4.78 is 6.68. The minimum Gasteiger partial charge on any atom is -0.394 e. The Labute approximate surface area is 183 Å². The van der Waals surface area contributed by atoms with Gasteiger partial charge in [0.1, 0.15) is 5.82 Å². The van der Waals surface area contributed by atoms with Gasteiger partial charge in [-0.15, -0.1) is 5.10 Å². The van der Waals surface area contributed by atoms with Gasteiger partial charge in [0.2, 0.25) is 0 Å². The van der Waals surface area contributed by atoms with Crippen molar-refractivity contribution >= 4 is 28.4 Å². The summed E-state index contributed by atoms with van der Waals surface area (Å²) in [6.07, 6.45) is 1.54. The molecule has 4 rings (SSSR count). The van der Waals surface area contributed by atoms with E-state index in [0.717, 1.165) is 16.6 Å². The fraction of sp³-hybridized carbons (Fsp3) is 0.227. The zero-order valence-corrected chi connectivity index (χ0v) is 17.4. The topological polar surface area (TPSA) is 135 Å². The van der Waals surface area contributed by atoms with E-state index >= 15 is 0 Å². The Hall–Kier alpha value is -3.89. The van der Waals surface area contributed by atoms with E-state index in [1.165, 1.54) is 17.8 Å². The smallest absolute Gasteiger partial charge is 0.277 e. The molecule has 3 N–H and O–H groups in total. The molecule has 0 fully saturated rings. The van der Waals surface area contributed by atoms with Gasteiger partial charge in [-0.05, 0) is 49.4 Å². The number of fused-ring (bicyclic) bond motifs is 1. The largest absolute Gasteiger partial charge is 0.394 e. The molecule has 0 unspecified atom stereocenters. The van der Waals surface area contributed by atoms with Crippen molar-refractivity contribution in [2.45, 2.75) is 13.5 Å². The number of aromatic amines is 1. The number of benzene rings is 2. The number of imidazole rings is 1. The van der Waals surface area contributed by atoms with E-state index in [9.17, 15) is 9.59 Å². The Balaban J connectivity index is 1.40. The molecule has 0 aliphatic carbocycles. The zero-order chi connectivity index (χ0) is 22.5. The van der Waals surface area contributed by atoms with Gasteiger partial charge in [0.25, 0.3) is 5.91 Å². The second-order valence-corrected chi connectivity index (χ2v) is 7.11. The Bertz CT molecular complexity index is 1250. The summed E-state index contributed by atoms with van der Waals surface area (Å²) in [6.45, 7) is 2.54. The van der Waals surface area contributed by atoms with Crippen molar-refractivity contribution in [2.24, 2.45) is 0 Å². The van der Waals surface area contributed by atoms with E-state index in [1.54, 1.807) is 24.3 Å². The van der Waals surface area contributed by atoms with Crippen LogP contribution < -0.4 is 5.32 Å². The molecule has 164 valence electrons. The third-order valence-electron chi connectivity index (χ3n) is 4.78. The number of hydrogen-bond donors (Lipinski definition) is 3. The van der Waals surface area contributed by atoms with Crippen LogP contribution in [0.15, 0.2) is 48.7 Å². The number of aliphatic hydroxyl groups is 1. The molecule has 0 aliphatic rings. The first kappa shape index (κ1) is 21.3. The van der Waals surface area contributed by atoms with Crippen LogP contribution in [-0.2, 0) is 11.3 Å². The van der Waals surface area contributed by atoms with Crippen LogP contribution in [0.25, 0.3) is 22.4 Å². The van der Waals surface area contributed by atoms with Crippen LogP contribution in [-0.4, -0.2) is 61.6 Å². The van der Waals surface area contributed by atoms with Crippen molar-refractivity contribution < 1.29 is 19.4 Å². The van der Waals surface area contributed by atoms with Gasteiger partial charge in [0.05, 0.1) is 43.6 Å². The molecule has 0 atom stereocenters. The van der Waals surface area contributed by atoms with Crippen molar-refractivity contribution in [3.63, 3.8) is 0 Å². The second kappa shape index (κ2) is 9.50. The van der Waals surface area contributed by atoms with Gasteiger partial charge in [0, 0.05) is 16.8 Å². The molecule has 0 saturated carbocycles. The highest BCUT2D eigenvalue weighted by molar-refractivity contribution is 6.02. The SMILES string of the molecule is CC(=O)c1ccc2nc(-c3ccc(NC(=O)c4cn(CCOCCO)nn4)cc3)[nH]c2c1. The Kier molecular flexibility index (Phi) is 6.34. The molecule has 0 spiro atoms. The first-order valence-corrected chi connectivity index (χ1v) is 10.0. The average Bonchev–Trinajstić information content (AvgIpc) is 3.44. The number of carbonyl (C=O) groups excluding carboxylic acids is 2. The van der Waals surface area contributed by atoms with Crippen LogP contribution >= 0.6 is 0 Å². The van der Waals surface area contributed by atoms with Crippen molar-refractivity contribution in [3.05, 3.63) is 59.9 Å². The lowest BCUT2D eigenvalue weighted by Gasteiger charge is -2.04. The van der Waals surface area contributed by atoms with Gasteiger partial charge in [-0.2, -0.15) is 0 Å². The molecular formula is C22H22N6O4. The highest BCUT2D eigenvalue weighted by Gasteiger charge is 2.12. The second-order valence-electron chi connectivity index (χ2n) is 7.11. The molecular weight excluding hydrogens is 412 g/mol. The Morgan fingerprint density at radius 1 is 1.16 bits per heavy atom. The number of carbonyl (C=O) groups is 2. The fourth-order valence-corrected chi connectivity index (χ4v) is 3.11. The summed E-state index contributed by atoms with van der Waals surface area (Å²) in [5.74, 6) is 0.295. The molecule has 0 radical (unpaired) electrons. The monoisotopic (exact) mass is 434 g/mol. The molecule has 0 aliphatic heterocycles. The van der Waals surface area contributed by atoms with Crippen molar-refractivity contribution in [3.8, 4) is 11.4 Å². The van der Waals surface area contributed by atoms with Gasteiger partial charge in [0.15, 0.2) is 11.5 Å². The van der Waals surface area contributed by atoms with Crippen molar-refractivity contribution in [2.75, 3.05) is 25.1 Å². The molecule has 2 aromatic carbocycles. The Morgan fingerprint density at radius 3 is 2.72 bits per heavy atom. The maximum absolute atomic E-state index is 12.4. The maximum atomic E-state index is 12.4. The lowest BCUT2D eigenvalue weighted by atomic mass is 10.1. The lowest BCUT2D eigenvalue weighted by Crippen LogP contribution is -2.12. The van der Waals surface area contributed by atoms with Gasteiger partial charge in [-0.25, -0.2) is 9.67 Å². The molecule has 1 amide bonds. The van der Waals surface area contributed by atoms with Crippen LogP contribution in [0.3, 0.4) is 0 Å². The predicted octanol–water partition coefficient (Wildman–Crippen LogP) is 2.29. The minimum absolute atomic E-state index is 0.00166. The lowest BCUT2D eigenvalue weighted by molar-refractivity contribution is 0.0851. The normalized spacial score (nSPS) is 11.1. The third-order valence-corrected chi connectivity index (χ3v) is 4.78. The number of H-pyrrole nitrogens is 1. The summed E-state index contributed by atoms with van der Waals surface area (Å²) in [5.41, 5.74) is 3.82. The van der Waals surface area contributed by atoms with E-state index in [4.69, 9.17) is 9.84 Å². The molecule has 0 saturated heterocycles. The number of Topliss-reactive ketones (excluding diaryl/α,β-unsaturated/α-hetero) is 1. The molecule has 4 aromatic rings. The van der Waals surface area contributed by atoms with Gasteiger partial charge < -0.3 is 20.1 Å². The first-order valence-electron chi connectivity index (χ1n) is 10.0. The van der Waals surface area contributed by atoms with E-state index in [2.05, 4.69) is 25.6 Å². The summed E-state index contributed by atoms with van der Waals surface area (Å²) >= 11 is 0. The van der Waals surface area contributed by atoms with E-state index in [-0.39, 0.29) is 30.6 Å². The van der Waals surface area contributed by atoms with Crippen LogP contribution in [0, 0.1) is 0 Å². The quantitative estimate of drug-likeness (QED) is 0.272. The summed E-state index contributed by atoms with van der Waals surface area (Å²) in [5, 5.41) is 19.3. The molecule has 10 nitrogen and oxygen atoms in total. The standard InChI is InChI=1S/C22H22N6O4/c1-14(30)16-4-7-18-19(12-16)25-21(24-18)15-2-5-17(6-3-15)23-22(31)20-13-28(27-26-20)8-10-32-11-9-29/h2-7,12-13,29H,8-11H2,1H3,(H,23,31)(H,24,25). The number of ketones is 1. The Morgan fingerprint density at radius 2 is 1.97 bits per heavy atom.